The van der Waals surface area contributed by atoms with E-state index in [-0.39, 0.29) is 6.61 Å². The highest BCUT2D eigenvalue weighted by Gasteiger charge is 2.36. The van der Waals surface area contributed by atoms with Crippen molar-refractivity contribution in [1.82, 2.24) is 9.97 Å². The molecule has 0 radical (unpaired) electrons. The zero-order valence-corrected chi connectivity index (χ0v) is 8.45. The van der Waals surface area contributed by atoms with E-state index in [0.717, 1.165) is 6.92 Å². The summed E-state index contributed by atoms with van der Waals surface area (Å²) >= 11 is 0. The van der Waals surface area contributed by atoms with Crippen LogP contribution < -0.4 is 11.3 Å². The van der Waals surface area contributed by atoms with Gasteiger partial charge in [-0.1, -0.05) is 0 Å². The minimum absolute atomic E-state index is 0.251. The van der Waals surface area contributed by atoms with Crippen LogP contribution in [0.4, 0.5) is 19.0 Å². The van der Waals surface area contributed by atoms with Crippen LogP contribution in [-0.2, 0) is 11.3 Å². The van der Waals surface area contributed by atoms with E-state index < -0.39 is 12.3 Å². The largest absolute Gasteiger partial charge is 0.414 e. The second-order valence-electron chi connectivity index (χ2n) is 3.03. The highest BCUT2D eigenvalue weighted by molar-refractivity contribution is 5.28. The van der Waals surface area contributed by atoms with Gasteiger partial charge in [-0.05, 0) is 6.92 Å². The molecule has 0 fully saturated rings. The summed E-state index contributed by atoms with van der Waals surface area (Å²) in [7, 11) is 0. The van der Waals surface area contributed by atoms with Crippen molar-refractivity contribution in [3.8, 4) is 0 Å². The zero-order valence-electron chi connectivity index (χ0n) is 8.45. The van der Waals surface area contributed by atoms with Crippen molar-refractivity contribution in [2.45, 2.75) is 25.8 Å². The van der Waals surface area contributed by atoms with Crippen LogP contribution in [0.5, 0.6) is 0 Å². The maximum atomic E-state index is 12.1. The Morgan fingerprint density at radius 3 is 2.56 bits per heavy atom. The molecule has 0 saturated heterocycles. The third-order valence-electron chi connectivity index (χ3n) is 1.80. The summed E-state index contributed by atoms with van der Waals surface area (Å²) in [6.45, 7) is 0.682. The average Bonchev–Trinajstić information content (AvgIpc) is 2.25. The number of nitrogen functional groups attached to an aromatic ring is 1. The number of alkyl halides is 3. The summed E-state index contributed by atoms with van der Waals surface area (Å²) in [5.74, 6) is 5.37. The predicted molar refractivity (Wildman–Crippen MR) is 50.1 cm³/mol. The van der Waals surface area contributed by atoms with Gasteiger partial charge in [0.1, 0.15) is 0 Å². The Morgan fingerprint density at radius 2 is 2.12 bits per heavy atom. The number of aromatic nitrogens is 2. The number of halogens is 3. The molecule has 0 amide bonds. The molecule has 1 atom stereocenters. The molecule has 16 heavy (non-hydrogen) atoms. The van der Waals surface area contributed by atoms with Gasteiger partial charge in [0.25, 0.3) is 0 Å². The average molecular weight is 236 g/mol. The minimum atomic E-state index is -4.37. The molecule has 0 spiro atoms. The molecule has 1 unspecified atom stereocenters. The number of nitrogens with two attached hydrogens (primary N) is 1. The molecular weight excluding hydrogens is 225 g/mol. The fourth-order valence-electron chi connectivity index (χ4n) is 0.809. The molecule has 3 N–H and O–H groups in total. The van der Waals surface area contributed by atoms with Gasteiger partial charge in [-0.3, -0.25) is 4.98 Å². The summed E-state index contributed by atoms with van der Waals surface area (Å²) < 4.78 is 40.8. The van der Waals surface area contributed by atoms with E-state index in [2.05, 4.69) is 20.1 Å². The van der Waals surface area contributed by atoms with E-state index in [0.29, 0.717) is 11.5 Å². The van der Waals surface area contributed by atoms with Crippen LogP contribution in [0.3, 0.4) is 0 Å². The van der Waals surface area contributed by atoms with Crippen LogP contribution in [0.2, 0.25) is 0 Å². The van der Waals surface area contributed by atoms with Crippen LogP contribution in [-0.4, -0.2) is 22.2 Å². The van der Waals surface area contributed by atoms with Crippen LogP contribution in [0, 0.1) is 0 Å². The fraction of sp³-hybridized carbons (Fsp3) is 0.500. The van der Waals surface area contributed by atoms with Crippen LogP contribution in [0.15, 0.2) is 12.4 Å². The normalized spacial score (nSPS) is 13.6. The third kappa shape index (κ3) is 3.63. The maximum Gasteiger partial charge on any atom is 0.414 e. The first-order valence-electron chi connectivity index (χ1n) is 4.39. The highest BCUT2D eigenvalue weighted by Crippen LogP contribution is 2.22. The van der Waals surface area contributed by atoms with Gasteiger partial charge in [0.15, 0.2) is 11.9 Å². The van der Waals surface area contributed by atoms with Crippen molar-refractivity contribution >= 4 is 5.82 Å². The molecule has 0 bridgehead atoms. The van der Waals surface area contributed by atoms with Gasteiger partial charge in [-0.15, -0.1) is 0 Å². The van der Waals surface area contributed by atoms with E-state index in [1.807, 2.05) is 0 Å². The highest BCUT2D eigenvalue weighted by atomic mass is 19.4. The summed E-state index contributed by atoms with van der Waals surface area (Å²) in [4.78, 5) is 7.58. The van der Waals surface area contributed by atoms with Crippen molar-refractivity contribution in [2.75, 3.05) is 5.43 Å². The van der Waals surface area contributed by atoms with Crippen LogP contribution in [0.25, 0.3) is 0 Å². The number of hydrazine groups is 1. The zero-order chi connectivity index (χ0) is 12.2. The Morgan fingerprint density at radius 1 is 1.44 bits per heavy atom. The summed E-state index contributed by atoms with van der Waals surface area (Å²) in [5.41, 5.74) is 2.55. The molecule has 1 heterocycles. The first-order chi connectivity index (χ1) is 7.43. The number of anilines is 1. The Hall–Kier alpha value is -1.41. The molecule has 8 heteroatoms. The minimum Gasteiger partial charge on any atom is -0.363 e. The van der Waals surface area contributed by atoms with E-state index in [9.17, 15) is 13.2 Å². The number of rotatable bonds is 4. The molecule has 0 aliphatic rings. The Balaban J connectivity index is 2.48. The second-order valence-corrected chi connectivity index (χ2v) is 3.03. The van der Waals surface area contributed by atoms with Crippen molar-refractivity contribution in [3.05, 3.63) is 18.1 Å². The summed E-state index contributed by atoms with van der Waals surface area (Å²) in [6.07, 6.45) is -3.61. The molecule has 0 aliphatic heterocycles. The number of hydrogen-bond donors (Lipinski definition) is 2. The molecule has 0 aromatic carbocycles. The van der Waals surface area contributed by atoms with Gasteiger partial charge in [0.2, 0.25) is 0 Å². The number of ether oxygens (including phenoxy) is 1. The fourth-order valence-corrected chi connectivity index (χ4v) is 0.809. The summed E-state index contributed by atoms with van der Waals surface area (Å²) in [5, 5.41) is 0. The Labute approximate surface area is 89.8 Å². The van der Waals surface area contributed by atoms with Crippen LogP contribution >= 0.6 is 0 Å². The van der Waals surface area contributed by atoms with Gasteiger partial charge in [0.05, 0.1) is 24.7 Å². The van der Waals surface area contributed by atoms with Crippen molar-refractivity contribution in [2.24, 2.45) is 5.84 Å². The number of hydrogen-bond acceptors (Lipinski definition) is 5. The number of nitrogens with one attached hydrogen (secondary N) is 1. The maximum absolute atomic E-state index is 12.1. The smallest absolute Gasteiger partial charge is 0.363 e. The van der Waals surface area contributed by atoms with Crippen LogP contribution in [0.1, 0.15) is 12.6 Å². The quantitative estimate of drug-likeness (QED) is 0.607. The predicted octanol–water partition coefficient (Wildman–Crippen LogP) is 1.23. The standard InChI is InChI=1S/C8H11F3N4O/c1-5(8(9,10)11)16-4-6-2-14-7(15-12)3-13-6/h2-3,5H,4,12H2,1H3,(H,14,15). The molecule has 1 aromatic rings. The molecule has 1 rings (SSSR count). The molecular formula is C8H11F3N4O. The van der Waals surface area contributed by atoms with E-state index >= 15 is 0 Å². The van der Waals surface area contributed by atoms with E-state index in [4.69, 9.17) is 5.84 Å². The molecule has 5 nitrogen and oxygen atoms in total. The van der Waals surface area contributed by atoms with E-state index in [1.165, 1.54) is 12.4 Å². The lowest BCUT2D eigenvalue weighted by Crippen LogP contribution is -2.28. The second kappa shape index (κ2) is 5.08. The van der Waals surface area contributed by atoms with E-state index in [1.54, 1.807) is 0 Å². The van der Waals surface area contributed by atoms with Gasteiger partial charge < -0.3 is 10.2 Å². The van der Waals surface area contributed by atoms with Crippen molar-refractivity contribution in [1.29, 1.82) is 0 Å². The molecule has 0 saturated carbocycles. The SMILES string of the molecule is CC(OCc1cnc(NN)cn1)C(F)(F)F. The van der Waals surface area contributed by atoms with Gasteiger partial charge >= 0.3 is 6.18 Å². The third-order valence-corrected chi connectivity index (χ3v) is 1.80. The van der Waals surface area contributed by atoms with Crippen molar-refractivity contribution in [3.63, 3.8) is 0 Å². The first-order valence-corrected chi connectivity index (χ1v) is 4.39. The monoisotopic (exact) mass is 236 g/mol. The Bertz CT molecular complexity index is 327. The summed E-state index contributed by atoms with van der Waals surface area (Å²) in [6, 6.07) is 0. The van der Waals surface area contributed by atoms with Gasteiger partial charge in [0, 0.05) is 0 Å². The molecule has 0 aliphatic carbocycles. The first kappa shape index (κ1) is 12.7. The lowest BCUT2D eigenvalue weighted by Gasteiger charge is -2.15. The lowest BCUT2D eigenvalue weighted by atomic mass is 10.4. The van der Waals surface area contributed by atoms with Gasteiger partial charge in [-0.2, -0.15) is 13.2 Å². The molecule has 1 aromatic heterocycles. The Kier molecular flexibility index (Phi) is 4.02. The topological polar surface area (TPSA) is 73.1 Å². The van der Waals surface area contributed by atoms with Crippen molar-refractivity contribution < 1.29 is 17.9 Å². The molecule has 90 valence electrons. The lowest BCUT2D eigenvalue weighted by molar-refractivity contribution is -0.217. The number of nitrogens with zero attached hydrogens (tertiary/aromatic N) is 2. The van der Waals surface area contributed by atoms with Gasteiger partial charge in [-0.25, -0.2) is 10.8 Å².